The van der Waals surface area contributed by atoms with Crippen molar-refractivity contribution in [2.75, 3.05) is 5.73 Å². The molecule has 0 atom stereocenters. The Bertz CT molecular complexity index is 167. The summed E-state index contributed by atoms with van der Waals surface area (Å²) in [6, 6.07) is 4.43. The lowest BCUT2D eigenvalue weighted by Gasteiger charge is -1.90. The normalized spacial score (nSPS) is 9.12. The van der Waals surface area contributed by atoms with E-state index >= 15 is 0 Å². The Morgan fingerprint density at radius 2 is 2.50 bits per heavy atom. The minimum Gasteiger partial charge on any atom is -0.396 e. The maximum absolute atomic E-state index is 5.35. The second-order valence-electron chi connectivity index (χ2n) is 1.29. The molecule has 0 aliphatic rings. The van der Waals surface area contributed by atoms with Crippen LogP contribution >= 0.6 is 15.9 Å². The van der Waals surface area contributed by atoms with Gasteiger partial charge in [-0.2, -0.15) is 0 Å². The van der Waals surface area contributed by atoms with Gasteiger partial charge in [-0.15, -0.1) is 0 Å². The van der Waals surface area contributed by atoms with E-state index in [9.17, 15) is 0 Å². The Hall–Kier alpha value is -0.570. The highest BCUT2D eigenvalue weighted by Gasteiger charge is 1.89. The van der Waals surface area contributed by atoms with Gasteiger partial charge in [0.15, 0.2) is 0 Å². The molecule has 1 aromatic rings. The summed E-state index contributed by atoms with van der Waals surface area (Å²) >= 11 is 3.13. The minimum absolute atomic E-state index is 0.549. The van der Waals surface area contributed by atoms with Gasteiger partial charge in [0.1, 0.15) is 4.60 Å². The van der Waals surface area contributed by atoms with Crippen LogP contribution in [0.2, 0.25) is 0 Å². The highest BCUT2D eigenvalue weighted by Crippen LogP contribution is 2.12. The minimum atomic E-state index is 0.549. The van der Waals surface area contributed by atoms with Gasteiger partial charge in [0.25, 0.3) is 0 Å². The quantitative estimate of drug-likeness (QED) is 0.597. The lowest BCUT2D eigenvalue weighted by Crippen LogP contribution is -1.86. The third-order valence-corrected chi connectivity index (χ3v) is 1.36. The molecule has 3 heteroatoms. The van der Waals surface area contributed by atoms with Crippen molar-refractivity contribution >= 4 is 21.6 Å². The van der Waals surface area contributed by atoms with Gasteiger partial charge in [0.05, 0.1) is 5.69 Å². The first-order valence-electron chi connectivity index (χ1n) is 2.08. The molecule has 2 nitrogen and oxygen atoms in total. The second kappa shape index (κ2) is 2.13. The third kappa shape index (κ3) is 0.980. The molecular weight excluding hydrogens is 168 g/mol. The van der Waals surface area contributed by atoms with Crippen molar-refractivity contribution in [1.82, 2.24) is 4.98 Å². The lowest BCUT2D eigenvalue weighted by atomic mass is 10.4. The Balaban J connectivity index is 3.13. The van der Waals surface area contributed by atoms with E-state index in [2.05, 4.69) is 27.0 Å². The van der Waals surface area contributed by atoms with E-state index < -0.39 is 0 Å². The average molecular weight is 172 g/mol. The Morgan fingerprint density at radius 1 is 1.75 bits per heavy atom. The van der Waals surface area contributed by atoms with E-state index in [0.717, 1.165) is 0 Å². The van der Waals surface area contributed by atoms with Crippen LogP contribution in [-0.4, -0.2) is 4.98 Å². The van der Waals surface area contributed by atoms with Crippen LogP contribution in [0.4, 0.5) is 5.69 Å². The van der Waals surface area contributed by atoms with Gasteiger partial charge < -0.3 is 5.73 Å². The van der Waals surface area contributed by atoms with E-state index in [1.807, 2.05) is 0 Å². The molecule has 0 unspecified atom stereocenters. The van der Waals surface area contributed by atoms with E-state index in [1.54, 1.807) is 12.3 Å². The number of nitrogens with two attached hydrogens (primary N) is 1. The second-order valence-corrected chi connectivity index (χ2v) is 2.04. The molecule has 0 saturated carbocycles. The molecule has 0 bridgehead atoms. The molecule has 1 rings (SSSR count). The van der Waals surface area contributed by atoms with Crippen molar-refractivity contribution in [2.45, 2.75) is 0 Å². The first kappa shape index (κ1) is 5.56. The number of pyridine rings is 1. The summed E-state index contributed by atoms with van der Waals surface area (Å²) in [4.78, 5) is 3.84. The summed E-state index contributed by atoms with van der Waals surface area (Å²) in [7, 11) is 0. The summed E-state index contributed by atoms with van der Waals surface area (Å²) in [5.41, 5.74) is 5.90. The summed E-state index contributed by atoms with van der Waals surface area (Å²) in [6.45, 7) is 0. The van der Waals surface area contributed by atoms with Crippen molar-refractivity contribution in [3.8, 4) is 0 Å². The maximum Gasteiger partial charge on any atom is 0.129 e. The van der Waals surface area contributed by atoms with E-state index in [-0.39, 0.29) is 0 Å². The molecule has 0 aliphatic heterocycles. The van der Waals surface area contributed by atoms with Crippen LogP contribution in [0.15, 0.2) is 16.9 Å². The van der Waals surface area contributed by atoms with Crippen LogP contribution in [0.5, 0.6) is 0 Å². The van der Waals surface area contributed by atoms with Gasteiger partial charge in [0, 0.05) is 12.3 Å². The van der Waals surface area contributed by atoms with Crippen LogP contribution in [-0.2, 0) is 0 Å². The molecule has 0 fully saturated rings. The molecule has 0 aromatic carbocycles. The smallest absolute Gasteiger partial charge is 0.129 e. The van der Waals surface area contributed by atoms with Gasteiger partial charge in [-0.05, 0) is 22.0 Å². The monoisotopic (exact) mass is 171 g/mol. The molecule has 0 aliphatic carbocycles. The predicted octanol–water partition coefficient (Wildman–Crippen LogP) is 1.23. The molecule has 8 heavy (non-hydrogen) atoms. The largest absolute Gasteiger partial charge is 0.396 e. The summed E-state index contributed by atoms with van der Waals surface area (Å²) in [5.74, 6) is 0. The SMILES string of the molecule is Nc1[c]ccnc1Br. The molecule has 41 valence electrons. The number of nitrogen functional groups attached to an aromatic ring is 1. The molecule has 0 saturated heterocycles. The predicted molar refractivity (Wildman–Crippen MR) is 35.2 cm³/mol. The van der Waals surface area contributed by atoms with Crippen molar-refractivity contribution in [1.29, 1.82) is 0 Å². The zero-order valence-electron chi connectivity index (χ0n) is 4.06. The maximum atomic E-state index is 5.35. The number of hydrogen-bond acceptors (Lipinski definition) is 2. The van der Waals surface area contributed by atoms with E-state index in [0.29, 0.717) is 10.3 Å². The molecular formula is C5H4BrN2. The number of halogens is 1. The third-order valence-electron chi connectivity index (χ3n) is 0.724. The number of nitrogens with zero attached hydrogens (tertiary/aromatic N) is 1. The first-order chi connectivity index (χ1) is 3.80. The van der Waals surface area contributed by atoms with Crippen molar-refractivity contribution < 1.29 is 0 Å². The molecule has 2 N–H and O–H groups in total. The fourth-order valence-electron chi connectivity index (χ4n) is 0.359. The molecule has 1 aromatic heterocycles. The number of aromatic nitrogens is 1. The Morgan fingerprint density at radius 3 is 2.88 bits per heavy atom. The van der Waals surface area contributed by atoms with Crippen molar-refractivity contribution in [3.05, 3.63) is 22.9 Å². The number of anilines is 1. The molecule has 1 radical (unpaired) electrons. The topological polar surface area (TPSA) is 38.9 Å². The highest BCUT2D eigenvalue weighted by atomic mass is 79.9. The molecule has 1 heterocycles. The van der Waals surface area contributed by atoms with Gasteiger partial charge in [-0.1, -0.05) is 0 Å². The fraction of sp³-hybridized carbons (Fsp3) is 0. The number of hydrogen-bond donors (Lipinski definition) is 1. The summed E-state index contributed by atoms with van der Waals surface area (Å²) < 4.78 is 0.653. The summed E-state index contributed by atoms with van der Waals surface area (Å²) in [6.07, 6.45) is 1.63. The van der Waals surface area contributed by atoms with Crippen molar-refractivity contribution in [3.63, 3.8) is 0 Å². The van der Waals surface area contributed by atoms with E-state index in [1.165, 1.54) is 0 Å². The van der Waals surface area contributed by atoms with Gasteiger partial charge in [-0.25, -0.2) is 4.98 Å². The molecule has 0 spiro atoms. The standard InChI is InChI=1S/C5H4BrN2/c6-5-4(7)2-1-3-8-5/h1,3H,7H2. The van der Waals surface area contributed by atoms with Gasteiger partial charge in [-0.3, -0.25) is 0 Å². The Labute approximate surface area is 55.9 Å². The summed E-state index contributed by atoms with van der Waals surface area (Å²) in [5, 5.41) is 0. The number of rotatable bonds is 0. The fourth-order valence-corrected chi connectivity index (χ4v) is 0.592. The Kier molecular flexibility index (Phi) is 1.48. The van der Waals surface area contributed by atoms with Crippen LogP contribution in [0.3, 0.4) is 0 Å². The van der Waals surface area contributed by atoms with Crippen LogP contribution in [0.25, 0.3) is 0 Å². The average Bonchev–Trinajstić information content (AvgIpc) is 1.77. The van der Waals surface area contributed by atoms with Crippen molar-refractivity contribution in [2.24, 2.45) is 0 Å². The van der Waals surface area contributed by atoms with Crippen LogP contribution in [0, 0.1) is 6.07 Å². The molecule has 0 amide bonds. The van der Waals surface area contributed by atoms with Gasteiger partial charge in [0.2, 0.25) is 0 Å². The lowest BCUT2D eigenvalue weighted by molar-refractivity contribution is 1.28. The zero-order valence-corrected chi connectivity index (χ0v) is 5.64. The van der Waals surface area contributed by atoms with Crippen LogP contribution < -0.4 is 5.73 Å². The highest BCUT2D eigenvalue weighted by molar-refractivity contribution is 9.10. The first-order valence-corrected chi connectivity index (χ1v) is 2.87. The van der Waals surface area contributed by atoms with Crippen LogP contribution in [0.1, 0.15) is 0 Å². The van der Waals surface area contributed by atoms with E-state index in [4.69, 9.17) is 5.73 Å². The zero-order chi connectivity index (χ0) is 5.98. The van der Waals surface area contributed by atoms with Gasteiger partial charge >= 0.3 is 0 Å².